The van der Waals surface area contributed by atoms with E-state index in [9.17, 15) is 4.39 Å². The van der Waals surface area contributed by atoms with Gasteiger partial charge in [-0.25, -0.2) is 4.39 Å². The van der Waals surface area contributed by atoms with Gasteiger partial charge in [-0.05, 0) is 46.6 Å². The Morgan fingerprint density at radius 1 is 1.47 bits per heavy atom. The van der Waals surface area contributed by atoms with Crippen LogP contribution in [0.15, 0.2) is 22.7 Å². The number of hydrogen-bond donors (Lipinski definition) is 1. The molecule has 0 atom stereocenters. The third-order valence-electron chi connectivity index (χ3n) is 3.16. The summed E-state index contributed by atoms with van der Waals surface area (Å²) in [4.78, 5) is 2.47. The normalized spacial score (nSPS) is 16.2. The van der Waals surface area contributed by atoms with Gasteiger partial charge in [-0.1, -0.05) is 13.0 Å². The summed E-state index contributed by atoms with van der Waals surface area (Å²) in [6, 6.07) is 5.92. The van der Waals surface area contributed by atoms with Crippen LogP contribution in [0.25, 0.3) is 0 Å². The lowest BCUT2D eigenvalue weighted by atomic mass is 10.1. The van der Waals surface area contributed by atoms with E-state index in [-0.39, 0.29) is 5.82 Å². The van der Waals surface area contributed by atoms with Gasteiger partial charge in [0.15, 0.2) is 0 Å². The first kappa shape index (κ1) is 13.0. The number of benzene rings is 1. The van der Waals surface area contributed by atoms with Crippen molar-refractivity contribution < 1.29 is 4.39 Å². The first-order valence-corrected chi connectivity index (χ1v) is 6.88. The quantitative estimate of drug-likeness (QED) is 0.899. The van der Waals surface area contributed by atoms with Gasteiger partial charge >= 0.3 is 0 Å². The summed E-state index contributed by atoms with van der Waals surface area (Å²) in [6.07, 6.45) is 1.15. The van der Waals surface area contributed by atoms with E-state index in [0.29, 0.717) is 10.5 Å². The van der Waals surface area contributed by atoms with Crippen molar-refractivity contribution in [3.8, 4) is 0 Å². The molecule has 2 rings (SSSR count). The monoisotopic (exact) mass is 300 g/mol. The van der Waals surface area contributed by atoms with Crippen molar-refractivity contribution in [3.63, 3.8) is 0 Å². The van der Waals surface area contributed by atoms with Crippen molar-refractivity contribution in [1.29, 1.82) is 0 Å². The maximum absolute atomic E-state index is 13.1. The zero-order chi connectivity index (χ0) is 12.3. The molecular formula is C13H18BrFN2. The highest BCUT2D eigenvalue weighted by molar-refractivity contribution is 9.10. The van der Waals surface area contributed by atoms with E-state index < -0.39 is 0 Å². The first-order chi connectivity index (χ1) is 8.20. The molecule has 0 amide bonds. The highest BCUT2D eigenvalue weighted by Gasteiger charge is 2.23. The van der Waals surface area contributed by atoms with E-state index in [0.717, 1.165) is 32.6 Å². The van der Waals surface area contributed by atoms with Crippen LogP contribution < -0.4 is 5.32 Å². The van der Waals surface area contributed by atoms with Gasteiger partial charge in [0.05, 0.1) is 4.47 Å². The third kappa shape index (κ3) is 3.27. The fourth-order valence-electron chi connectivity index (χ4n) is 2.08. The van der Waals surface area contributed by atoms with Gasteiger partial charge in [0.2, 0.25) is 0 Å². The Hall–Kier alpha value is -0.450. The molecule has 1 aliphatic rings. The van der Waals surface area contributed by atoms with Gasteiger partial charge in [0.25, 0.3) is 0 Å². The van der Waals surface area contributed by atoms with Crippen LogP contribution in [0, 0.1) is 5.82 Å². The summed E-state index contributed by atoms with van der Waals surface area (Å²) in [5, 5.41) is 3.30. The molecule has 1 aromatic carbocycles. The van der Waals surface area contributed by atoms with Crippen molar-refractivity contribution in [1.82, 2.24) is 10.2 Å². The number of hydrogen-bond acceptors (Lipinski definition) is 2. The molecule has 94 valence electrons. The Labute approximate surface area is 110 Å². The molecule has 1 aliphatic heterocycles. The van der Waals surface area contributed by atoms with Gasteiger partial charge in [-0.2, -0.15) is 0 Å². The van der Waals surface area contributed by atoms with Crippen molar-refractivity contribution in [2.75, 3.05) is 19.6 Å². The molecule has 17 heavy (non-hydrogen) atoms. The fourth-order valence-corrected chi connectivity index (χ4v) is 2.51. The second kappa shape index (κ2) is 5.94. The number of nitrogens with zero attached hydrogens (tertiary/aromatic N) is 1. The van der Waals surface area contributed by atoms with Crippen molar-refractivity contribution in [2.24, 2.45) is 0 Å². The van der Waals surface area contributed by atoms with E-state index in [1.807, 2.05) is 12.1 Å². The molecule has 1 saturated heterocycles. The second-order valence-corrected chi connectivity index (χ2v) is 5.39. The molecular weight excluding hydrogens is 283 g/mol. The Balaban J connectivity index is 2.02. The minimum absolute atomic E-state index is 0.193. The molecule has 0 bridgehead atoms. The van der Waals surface area contributed by atoms with Crippen LogP contribution >= 0.6 is 15.9 Å². The van der Waals surface area contributed by atoms with E-state index in [4.69, 9.17) is 0 Å². The minimum Gasteiger partial charge on any atom is -0.314 e. The summed E-state index contributed by atoms with van der Waals surface area (Å²) in [7, 11) is 0. The van der Waals surface area contributed by atoms with Crippen LogP contribution in [0.5, 0.6) is 0 Å². The summed E-state index contributed by atoms with van der Waals surface area (Å²) in [5.74, 6) is -0.193. The molecule has 4 heteroatoms. The smallest absolute Gasteiger partial charge is 0.137 e. The summed E-state index contributed by atoms with van der Waals surface area (Å²) >= 11 is 3.24. The minimum atomic E-state index is -0.193. The zero-order valence-electron chi connectivity index (χ0n) is 10.0. The molecule has 2 nitrogen and oxygen atoms in total. The predicted octanol–water partition coefficient (Wildman–Crippen LogP) is 2.77. The predicted molar refractivity (Wildman–Crippen MR) is 71.5 cm³/mol. The highest BCUT2D eigenvalue weighted by atomic mass is 79.9. The van der Waals surface area contributed by atoms with Crippen molar-refractivity contribution >= 4 is 15.9 Å². The molecule has 0 saturated carbocycles. The summed E-state index contributed by atoms with van der Waals surface area (Å²) in [6.45, 7) is 6.34. The molecule has 0 aliphatic carbocycles. The topological polar surface area (TPSA) is 15.3 Å². The lowest BCUT2D eigenvalue weighted by Gasteiger charge is -2.38. The summed E-state index contributed by atoms with van der Waals surface area (Å²) < 4.78 is 13.7. The van der Waals surface area contributed by atoms with Gasteiger partial charge in [-0.15, -0.1) is 0 Å². The lowest BCUT2D eigenvalue weighted by Crippen LogP contribution is -2.56. The van der Waals surface area contributed by atoms with Crippen LogP contribution in [0.2, 0.25) is 0 Å². The molecule has 0 radical (unpaired) electrons. The Morgan fingerprint density at radius 2 is 2.24 bits per heavy atom. The Bertz CT molecular complexity index is 380. The van der Waals surface area contributed by atoms with E-state index >= 15 is 0 Å². The van der Waals surface area contributed by atoms with E-state index in [2.05, 4.69) is 33.1 Å². The zero-order valence-corrected chi connectivity index (χ0v) is 11.6. The van der Waals surface area contributed by atoms with E-state index in [1.54, 1.807) is 0 Å². The number of nitrogens with one attached hydrogen (secondary N) is 1. The van der Waals surface area contributed by atoms with Crippen LogP contribution in [-0.2, 0) is 6.54 Å². The van der Waals surface area contributed by atoms with Crippen LogP contribution in [0.4, 0.5) is 4.39 Å². The van der Waals surface area contributed by atoms with Gasteiger partial charge < -0.3 is 5.32 Å². The van der Waals surface area contributed by atoms with Gasteiger partial charge in [0.1, 0.15) is 5.82 Å². The molecule has 1 aromatic rings. The van der Waals surface area contributed by atoms with Gasteiger partial charge in [0, 0.05) is 25.7 Å². The van der Waals surface area contributed by atoms with Crippen LogP contribution in [0.3, 0.4) is 0 Å². The lowest BCUT2D eigenvalue weighted by molar-refractivity contribution is 0.138. The first-order valence-electron chi connectivity index (χ1n) is 6.09. The molecule has 1 fully saturated rings. The Kier molecular flexibility index (Phi) is 4.54. The summed E-state index contributed by atoms with van der Waals surface area (Å²) in [5.41, 5.74) is 1.17. The van der Waals surface area contributed by atoms with Crippen LogP contribution in [0.1, 0.15) is 18.9 Å². The fraction of sp³-hybridized carbons (Fsp3) is 0.538. The molecule has 1 heterocycles. The second-order valence-electron chi connectivity index (χ2n) is 4.53. The van der Waals surface area contributed by atoms with E-state index in [1.165, 1.54) is 11.6 Å². The molecule has 0 aromatic heterocycles. The third-order valence-corrected chi connectivity index (χ3v) is 3.76. The maximum atomic E-state index is 13.1. The highest BCUT2D eigenvalue weighted by Crippen LogP contribution is 2.19. The number of halogens is 2. The largest absolute Gasteiger partial charge is 0.314 e. The van der Waals surface area contributed by atoms with Crippen molar-refractivity contribution in [2.45, 2.75) is 25.9 Å². The maximum Gasteiger partial charge on any atom is 0.137 e. The molecule has 0 spiro atoms. The van der Waals surface area contributed by atoms with Gasteiger partial charge in [-0.3, -0.25) is 4.90 Å². The van der Waals surface area contributed by atoms with Crippen molar-refractivity contribution in [3.05, 3.63) is 34.1 Å². The molecule has 0 unspecified atom stereocenters. The molecule has 1 N–H and O–H groups in total. The standard InChI is InChI=1S/C13H18BrFN2/c1-2-5-17(11-7-16-8-11)9-10-3-4-13(15)12(14)6-10/h3-4,6,11,16H,2,5,7-9H2,1H3. The SMILES string of the molecule is CCCN(Cc1ccc(F)c(Br)c1)C1CNC1. The number of rotatable bonds is 5. The average molecular weight is 301 g/mol. The Morgan fingerprint density at radius 3 is 2.76 bits per heavy atom. The average Bonchev–Trinajstić information content (AvgIpc) is 2.21. The van der Waals surface area contributed by atoms with Crippen LogP contribution in [-0.4, -0.2) is 30.6 Å².